The van der Waals surface area contributed by atoms with Crippen molar-refractivity contribution in [3.05, 3.63) is 63.5 Å². The van der Waals surface area contributed by atoms with Gasteiger partial charge < -0.3 is 10.3 Å². The van der Waals surface area contributed by atoms with Crippen molar-refractivity contribution in [1.29, 1.82) is 0 Å². The average molecular weight is 296 g/mol. The number of nitrogens with zero attached hydrogens (tertiary/aromatic N) is 2. The number of rotatable bonds is 4. The third-order valence-electron chi connectivity index (χ3n) is 3.56. The number of hydrogen-bond acceptors (Lipinski definition) is 4. The second-order valence-electron chi connectivity index (χ2n) is 5.29. The van der Waals surface area contributed by atoms with Gasteiger partial charge in [-0.1, -0.05) is 18.2 Å². The molecule has 1 heterocycles. The number of hydrogen-bond donors (Lipinski definition) is 2. The minimum absolute atomic E-state index is 0.0675. The Morgan fingerprint density at radius 1 is 1.27 bits per heavy atom. The van der Waals surface area contributed by atoms with Gasteiger partial charge in [-0.2, -0.15) is 0 Å². The Labute approximate surface area is 127 Å². The number of nitro benzene ring substituents is 1. The second kappa shape index (κ2) is 5.48. The Balaban J connectivity index is 1.86. The number of aryl methyl sites for hydroxylation is 2. The zero-order valence-electron chi connectivity index (χ0n) is 12.4. The van der Waals surface area contributed by atoms with Crippen LogP contribution >= 0.6 is 0 Å². The summed E-state index contributed by atoms with van der Waals surface area (Å²) in [6.07, 6.45) is 0. The van der Waals surface area contributed by atoms with Crippen LogP contribution in [0.2, 0.25) is 0 Å². The highest BCUT2D eigenvalue weighted by Crippen LogP contribution is 2.26. The normalized spacial score (nSPS) is 10.8. The van der Waals surface area contributed by atoms with Crippen LogP contribution in [0.5, 0.6) is 0 Å². The molecule has 0 unspecified atom stereocenters. The van der Waals surface area contributed by atoms with E-state index in [-0.39, 0.29) is 10.6 Å². The average Bonchev–Trinajstić information content (AvgIpc) is 2.89. The summed E-state index contributed by atoms with van der Waals surface area (Å²) in [5, 5.41) is 14.2. The molecule has 1 aromatic heterocycles. The molecule has 2 N–H and O–H groups in total. The zero-order valence-corrected chi connectivity index (χ0v) is 12.4. The lowest BCUT2D eigenvalue weighted by molar-refractivity contribution is -0.384. The molecule has 3 rings (SSSR count). The molecule has 0 aliphatic heterocycles. The summed E-state index contributed by atoms with van der Waals surface area (Å²) in [6, 6.07) is 11.0. The number of benzene rings is 2. The summed E-state index contributed by atoms with van der Waals surface area (Å²) in [5.74, 6) is 0.750. The Kier molecular flexibility index (Phi) is 3.50. The maximum Gasteiger partial charge on any atom is 0.292 e. The van der Waals surface area contributed by atoms with E-state index in [4.69, 9.17) is 0 Å². The molecule has 0 saturated heterocycles. The van der Waals surface area contributed by atoms with Gasteiger partial charge in [-0.25, -0.2) is 4.98 Å². The van der Waals surface area contributed by atoms with Crippen LogP contribution in [0.15, 0.2) is 36.4 Å². The van der Waals surface area contributed by atoms with Crippen molar-refractivity contribution in [3.8, 4) is 0 Å². The van der Waals surface area contributed by atoms with Gasteiger partial charge >= 0.3 is 0 Å². The van der Waals surface area contributed by atoms with Gasteiger partial charge in [-0.3, -0.25) is 10.1 Å². The fourth-order valence-corrected chi connectivity index (χ4v) is 2.44. The van der Waals surface area contributed by atoms with Crippen LogP contribution in [0.3, 0.4) is 0 Å². The van der Waals surface area contributed by atoms with Gasteiger partial charge in [0.1, 0.15) is 11.5 Å². The molecule has 0 fully saturated rings. The van der Waals surface area contributed by atoms with Crippen molar-refractivity contribution in [2.24, 2.45) is 0 Å². The molecule has 6 nitrogen and oxygen atoms in total. The monoisotopic (exact) mass is 296 g/mol. The predicted molar refractivity (Wildman–Crippen MR) is 86.0 cm³/mol. The summed E-state index contributed by atoms with van der Waals surface area (Å²) in [4.78, 5) is 18.5. The van der Waals surface area contributed by atoms with E-state index < -0.39 is 0 Å². The van der Waals surface area contributed by atoms with Crippen molar-refractivity contribution >= 4 is 22.4 Å². The lowest BCUT2D eigenvalue weighted by Crippen LogP contribution is -2.04. The van der Waals surface area contributed by atoms with Crippen molar-refractivity contribution in [2.45, 2.75) is 20.4 Å². The number of aromatic amines is 1. The number of para-hydroxylation sites is 1. The maximum absolute atomic E-state index is 11.1. The molecule has 3 aromatic rings. The van der Waals surface area contributed by atoms with Crippen molar-refractivity contribution in [3.63, 3.8) is 0 Å². The third-order valence-corrected chi connectivity index (χ3v) is 3.56. The van der Waals surface area contributed by atoms with Gasteiger partial charge in [0.05, 0.1) is 22.5 Å². The van der Waals surface area contributed by atoms with E-state index in [2.05, 4.69) is 15.3 Å². The number of aromatic nitrogens is 2. The summed E-state index contributed by atoms with van der Waals surface area (Å²) in [7, 11) is 0. The van der Waals surface area contributed by atoms with Gasteiger partial charge in [0.15, 0.2) is 0 Å². The van der Waals surface area contributed by atoms with Gasteiger partial charge in [0.2, 0.25) is 0 Å². The van der Waals surface area contributed by atoms with Crippen LogP contribution in [0.1, 0.15) is 17.0 Å². The summed E-state index contributed by atoms with van der Waals surface area (Å²) in [6.45, 7) is 4.31. The molecule has 6 heteroatoms. The summed E-state index contributed by atoms with van der Waals surface area (Å²) < 4.78 is 0. The lowest BCUT2D eigenvalue weighted by atomic mass is 10.2. The van der Waals surface area contributed by atoms with Gasteiger partial charge in [0.25, 0.3) is 5.69 Å². The Morgan fingerprint density at radius 3 is 2.82 bits per heavy atom. The number of fused-ring (bicyclic) bond motifs is 1. The van der Waals surface area contributed by atoms with E-state index >= 15 is 0 Å². The SMILES string of the molecule is Cc1ccc([N+](=O)[O-])c(NCc2nc3c(C)cccc3[nH]2)c1. The highest BCUT2D eigenvalue weighted by Gasteiger charge is 2.13. The molecule has 0 amide bonds. The maximum atomic E-state index is 11.1. The first-order valence-electron chi connectivity index (χ1n) is 6.98. The first-order valence-corrected chi connectivity index (χ1v) is 6.98. The van der Waals surface area contributed by atoms with Crippen LogP contribution in [-0.4, -0.2) is 14.9 Å². The minimum atomic E-state index is -0.384. The van der Waals surface area contributed by atoms with E-state index in [1.165, 1.54) is 6.07 Å². The van der Waals surface area contributed by atoms with Crippen LogP contribution in [-0.2, 0) is 6.54 Å². The molecular weight excluding hydrogens is 280 g/mol. The number of nitro groups is 1. The fourth-order valence-electron chi connectivity index (χ4n) is 2.44. The first-order chi connectivity index (χ1) is 10.5. The van der Waals surface area contributed by atoms with Crippen LogP contribution < -0.4 is 5.32 Å². The van der Waals surface area contributed by atoms with E-state index in [1.807, 2.05) is 32.0 Å². The second-order valence-corrected chi connectivity index (χ2v) is 5.29. The van der Waals surface area contributed by atoms with Gasteiger partial charge in [-0.15, -0.1) is 0 Å². The molecule has 0 saturated carbocycles. The fraction of sp³-hybridized carbons (Fsp3) is 0.188. The molecular formula is C16H16N4O2. The number of nitrogens with one attached hydrogen (secondary N) is 2. The Hall–Kier alpha value is -2.89. The largest absolute Gasteiger partial charge is 0.372 e. The molecule has 0 aliphatic rings. The molecule has 112 valence electrons. The molecule has 0 spiro atoms. The minimum Gasteiger partial charge on any atom is -0.372 e. The lowest BCUT2D eigenvalue weighted by Gasteiger charge is -2.06. The highest BCUT2D eigenvalue weighted by atomic mass is 16.6. The molecule has 0 radical (unpaired) electrons. The Morgan fingerprint density at radius 2 is 2.09 bits per heavy atom. The van der Waals surface area contributed by atoms with Gasteiger partial charge in [-0.05, 0) is 37.1 Å². The Bertz CT molecular complexity index is 854. The highest BCUT2D eigenvalue weighted by molar-refractivity contribution is 5.78. The van der Waals surface area contributed by atoms with E-state index in [1.54, 1.807) is 12.1 Å². The predicted octanol–water partition coefficient (Wildman–Crippen LogP) is 3.70. The van der Waals surface area contributed by atoms with Crippen LogP contribution in [0.4, 0.5) is 11.4 Å². The van der Waals surface area contributed by atoms with Crippen molar-refractivity contribution < 1.29 is 4.92 Å². The zero-order chi connectivity index (χ0) is 15.7. The molecule has 0 bridgehead atoms. The van der Waals surface area contributed by atoms with E-state index in [0.717, 1.165) is 28.0 Å². The molecule has 0 aliphatic carbocycles. The number of anilines is 1. The molecule has 22 heavy (non-hydrogen) atoms. The third kappa shape index (κ3) is 2.63. The smallest absolute Gasteiger partial charge is 0.292 e. The molecule has 0 atom stereocenters. The van der Waals surface area contributed by atoms with Crippen LogP contribution in [0, 0.1) is 24.0 Å². The first kappa shape index (κ1) is 14.1. The van der Waals surface area contributed by atoms with E-state index in [9.17, 15) is 10.1 Å². The standard InChI is InChI=1S/C16H16N4O2/c1-10-6-7-14(20(21)22)13(8-10)17-9-15-18-12-5-3-4-11(2)16(12)19-15/h3-8,17H,9H2,1-2H3,(H,18,19). The topological polar surface area (TPSA) is 83.8 Å². The quantitative estimate of drug-likeness (QED) is 0.568. The molecule has 2 aromatic carbocycles. The number of imidazole rings is 1. The van der Waals surface area contributed by atoms with Crippen LogP contribution in [0.25, 0.3) is 11.0 Å². The van der Waals surface area contributed by atoms with E-state index in [0.29, 0.717) is 12.2 Å². The summed E-state index contributed by atoms with van der Waals surface area (Å²) in [5.41, 5.74) is 4.53. The van der Waals surface area contributed by atoms with Gasteiger partial charge in [0, 0.05) is 6.07 Å². The van der Waals surface area contributed by atoms with Crippen molar-refractivity contribution in [1.82, 2.24) is 9.97 Å². The summed E-state index contributed by atoms with van der Waals surface area (Å²) >= 11 is 0. The number of H-pyrrole nitrogens is 1. The van der Waals surface area contributed by atoms with Crippen molar-refractivity contribution in [2.75, 3.05) is 5.32 Å².